The van der Waals surface area contributed by atoms with Gasteiger partial charge in [-0.1, -0.05) is 23.7 Å². The Kier molecular flexibility index (Phi) is 3.13. The van der Waals surface area contributed by atoms with E-state index in [0.717, 1.165) is 0 Å². The van der Waals surface area contributed by atoms with Crippen LogP contribution in [0.4, 0.5) is 5.69 Å². The van der Waals surface area contributed by atoms with Gasteiger partial charge in [-0.2, -0.15) is 4.98 Å². The Hall–Kier alpha value is -2.74. The van der Waals surface area contributed by atoms with E-state index < -0.39 is 5.91 Å². The molecule has 0 fully saturated rings. The molecule has 2 N–H and O–H groups in total. The number of amides is 1. The minimum Gasteiger partial charge on any atom is -0.318 e. The van der Waals surface area contributed by atoms with Crippen molar-refractivity contribution < 1.29 is 4.79 Å². The molecule has 20 heavy (non-hydrogen) atoms. The standard InChI is InChI=1S/C11H8ClN7O/c12-7-3-1-2-4-8(7)15-10(20)9-16-11(18-17-9)19-5-13-14-6-19/h1-6H,(H,15,20)(H,16,17,18). The molecule has 8 nitrogen and oxygen atoms in total. The van der Waals surface area contributed by atoms with Gasteiger partial charge in [0.1, 0.15) is 12.7 Å². The summed E-state index contributed by atoms with van der Waals surface area (Å²) in [7, 11) is 0. The van der Waals surface area contributed by atoms with Crippen LogP contribution in [-0.2, 0) is 0 Å². The summed E-state index contributed by atoms with van der Waals surface area (Å²) in [5.41, 5.74) is 0.501. The number of aromatic nitrogens is 6. The number of nitrogens with zero attached hydrogens (tertiary/aromatic N) is 5. The van der Waals surface area contributed by atoms with Crippen molar-refractivity contribution in [2.24, 2.45) is 0 Å². The van der Waals surface area contributed by atoms with E-state index in [0.29, 0.717) is 10.7 Å². The molecule has 3 rings (SSSR count). The van der Waals surface area contributed by atoms with Crippen LogP contribution in [0.25, 0.3) is 5.95 Å². The quantitative estimate of drug-likeness (QED) is 0.756. The molecular weight excluding hydrogens is 282 g/mol. The number of anilines is 1. The van der Waals surface area contributed by atoms with Crippen LogP contribution >= 0.6 is 11.6 Å². The van der Waals surface area contributed by atoms with E-state index in [1.807, 2.05) is 0 Å². The van der Waals surface area contributed by atoms with Crippen molar-refractivity contribution >= 4 is 23.2 Å². The zero-order chi connectivity index (χ0) is 13.9. The van der Waals surface area contributed by atoms with Crippen LogP contribution in [0.2, 0.25) is 5.02 Å². The fourth-order valence-corrected chi connectivity index (χ4v) is 1.70. The number of H-pyrrole nitrogens is 1. The number of halogens is 1. The number of aromatic amines is 1. The monoisotopic (exact) mass is 289 g/mol. The van der Waals surface area contributed by atoms with Crippen molar-refractivity contribution in [1.29, 1.82) is 0 Å². The van der Waals surface area contributed by atoms with Gasteiger partial charge in [0.15, 0.2) is 0 Å². The molecule has 0 saturated heterocycles. The summed E-state index contributed by atoms with van der Waals surface area (Å²) in [5, 5.41) is 16.8. The van der Waals surface area contributed by atoms with Crippen molar-refractivity contribution in [3.63, 3.8) is 0 Å². The van der Waals surface area contributed by atoms with E-state index in [-0.39, 0.29) is 11.8 Å². The zero-order valence-corrected chi connectivity index (χ0v) is 10.7. The molecule has 0 radical (unpaired) electrons. The number of carbonyl (C=O) groups is 1. The van der Waals surface area contributed by atoms with Gasteiger partial charge in [0, 0.05) is 0 Å². The maximum absolute atomic E-state index is 12.0. The molecule has 0 atom stereocenters. The number of nitrogens with one attached hydrogen (secondary N) is 2. The zero-order valence-electron chi connectivity index (χ0n) is 9.99. The summed E-state index contributed by atoms with van der Waals surface area (Å²) >= 11 is 5.96. The largest absolute Gasteiger partial charge is 0.318 e. The van der Waals surface area contributed by atoms with Gasteiger partial charge < -0.3 is 5.32 Å². The van der Waals surface area contributed by atoms with Gasteiger partial charge in [0.05, 0.1) is 10.7 Å². The Morgan fingerprint density at radius 1 is 1.25 bits per heavy atom. The maximum Gasteiger partial charge on any atom is 0.293 e. The molecule has 0 aliphatic heterocycles. The van der Waals surface area contributed by atoms with Crippen molar-refractivity contribution in [3.8, 4) is 5.95 Å². The normalized spacial score (nSPS) is 10.4. The molecule has 100 valence electrons. The van der Waals surface area contributed by atoms with Crippen LogP contribution in [0.5, 0.6) is 0 Å². The second-order valence-electron chi connectivity index (χ2n) is 3.79. The second kappa shape index (κ2) is 5.10. The molecule has 3 aromatic rings. The first-order valence-electron chi connectivity index (χ1n) is 5.57. The van der Waals surface area contributed by atoms with Gasteiger partial charge in [-0.25, -0.2) is 0 Å². The molecule has 0 aliphatic rings. The highest BCUT2D eigenvalue weighted by atomic mass is 35.5. The van der Waals surface area contributed by atoms with Gasteiger partial charge in [-0.3, -0.25) is 14.5 Å². The highest BCUT2D eigenvalue weighted by Crippen LogP contribution is 2.20. The Bertz CT molecular complexity index is 737. The maximum atomic E-state index is 12.0. The van der Waals surface area contributed by atoms with E-state index in [1.54, 1.807) is 24.3 Å². The molecule has 0 saturated carbocycles. The summed E-state index contributed by atoms with van der Waals surface area (Å²) in [4.78, 5) is 16.0. The molecular formula is C11H8ClN7O. The molecule has 2 heterocycles. The highest BCUT2D eigenvalue weighted by molar-refractivity contribution is 6.33. The summed E-state index contributed by atoms with van der Waals surface area (Å²) in [6.07, 6.45) is 2.86. The lowest BCUT2D eigenvalue weighted by Crippen LogP contribution is -2.14. The molecule has 1 aromatic carbocycles. The molecule has 1 amide bonds. The van der Waals surface area contributed by atoms with Gasteiger partial charge >= 0.3 is 0 Å². The Morgan fingerprint density at radius 3 is 2.75 bits per heavy atom. The second-order valence-corrected chi connectivity index (χ2v) is 4.19. The predicted octanol–water partition coefficient (Wildman–Crippen LogP) is 1.29. The van der Waals surface area contributed by atoms with Crippen molar-refractivity contribution in [2.75, 3.05) is 5.32 Å². The molecule has 2 aromatic heterocycles. The highest BCUT2D eigenvalue weighted by Gasteiger charge is 2.14. The van der Waals surface area contributed by atoms with Gasteiger partial charge in [0.25, 0.3) is 11.9 Å². The summed E-state index contributed by atoms with van der Waals surface area (Å²) in [6.45, 7) is 0. The van der Waals surface area contributed by atoms with Crippen LogP contribution in [0.1, 0.15) is 10.6 Å². The fraction of sp³-hybridized carbons (Fsp3) is 0. The molecule has 0 aliphatic carbocycles. The van der Waals surface area contributed by atoms with Crippen LogP contribution in [0, 0.1) is 0 Å². The Morgan fingerprint density at radius 2 is 2.00 bits per heavy atom. The van der Waals surface area contributed by atoms with Crippen LogP contribution in [-0.4, -0.2) is 35.9 Å². The SMILES string of the molecule is O=C(Nc1ccccc1Cl)c1nc(-n2cnnc2)n[nH]1. The molecule has 9 heteroatoms. The van der Waals surface area contributed by atoms with Crippen molar-refractivity contribution in [1.82, 2.24) is 29.9 Å². The van der Waals surface area contributed by atoms with E-state index in [9.17, 15) is 4.79 Å². The average Bonchev–Trinajstić information content (AvgIpc) is 3.11. The topological polar surface area (TPSA) is 101 Å². The van der Waals surface area contributed by atoms with Crippen LogP contribution < -0.4 is 5.32 Å². The lowest BCUT2D eigenvalue weighted by molar-refractivity contribution is 0.101. The Labute approximate surface area is 117 Å². The number of rotatable bonds is 3. The minimum absolute atomic E-state index is 0.0635. The third-order valence-corrected chi connectivity index (χ3v) is 2.79. The van der Waals surface area contributed by atoms with Gasteiger partial charge in [-0.05, 0) is 12.1 Å². The lowest BCUT2D eigenvalue weighted by atomic mass is 10.3. The third-order valence-electron chi connectivity index (χ3n) is 2.46. The molecule has 0 unspecified atom stereocenters. The third kappa shape index (κ3) is 2.36. The minimum atomic E-state index is -0.440. The number of carbonyl (C=O) groups excluding carboxylic acids is 1. The first-order valence-corrected chi connectivity index (χ1v) is 5.95. The van der Waals surface area contributed by atoms with Gasteiger partial charge in [-0.15, -0.1) is 15.3 Å². The fourth-order valence-electron chi connectivity index (χ4n) is 1.52. The summed E-state index contributed by atoms with van der Waals surface area (Å²) in [5.74, 6) is -0.0992. The number of hydrogen-bond acceptors (Lipinski definition) is 5. The smallest absolute Gasteiger partial charge is 0.293 e. The van der Waals surface area contributed by atoms with Gasteiger partial charge in [0.2, 0.25) is 5.82 Å². The van der Waals surface area contributed by atoms with Crippen LogP contribution in [0.3, 0.4) is 0 Å². The number of para-hydroxylation sites is 1. The Balaban J connectivity index is 1.80. The van der Waals surface area contributed by atoms with Crippen LogP contribution in [0.15, 0.2) is 36.9 Å². The summed E-state index contributed by atoms with van der Waals surface area (Å²) in [6, 6.07) is 6.92. The first-order chi connectivity index (χ1) is 9.74. The lowest BCUT2D eigenvalue weighted by Gasteiger charge is -2.04. The van der Waals surface area contributed by atoms with E-state index in [2.05, 4.69) is 30.7 Å². The van der Waals surface area contributed by atoms with E-state index in [4.69, 9.17) is 11.6 Å². The molecule has 0 spiro atoms. The van der Waals surface area contributed by atoms with E-state index in [1.165, 1.54) is 17.2 Å². The average molecular weight is 290 g/mol. The molecule has 0 bridgehead atoms. The summed E-state index contributed by atoms with van der Waals surface area (Å²) < 4.78 is 1.47. The number of benzene rings is 1. The number of hydrogen-bond donors (Lipinski definition) is 2. The van der Waals surface area contributed by atoms with E-state index >= 15 is 0 Å². The predicted molar refractivity (Wildman–Crippen MR) is 70.7 cm³/mol. The first kappa shape index (κ1) is 12.3. The van der Waals surface area contributed by atoms with Crippen molar-refractivity contribution in [2.45, 2.75) is 0 Å². The van der Waals surface area contributed by atoms with Crippen molar-refractivity contribution in [3.05, 3.63) is 47.8 Å².